The molecule has 10 nitrogen and oxygen atoms in total. The number of nitrogens with zero attached hydrogens (tertiary/aromatic N) is 2. The Morgan fingerprint density at radius 1 is 1.24 bits per heavy atom. The number of phenols is 1. The van der Waals surface area contributed by atoms with Crippen molar-refractivity contribution in [1.82, 2.24) is 14.9 Å². The van der Waals surface area contributed by atoms with Crippen LogP contribution in [0.5, 0.6) is 11.5 Å². The number of hydrogen-bond donors (Lipinski definition) is 3. The van der Waals surface area contributed by atoms with Gasteiger partial charge in [0.25, 0.3) is 5.91 Å². The average molecular weight is 424 g/mol. The van der Waals surface area contributed by atoms with E-state index in [1.165, 1.54) is 18.2 Å². The Balaban J connectivity index is 1.62. The molecule has 2 aliphatic heterocycles. The Morgan fingerprint density at radius 2 is 2.03 bits per heavy atom. The number of fused-ring (bicyclic) bond motifs is 1. The van der Waals surface area contributed by atoms with Crippen molar-refractivity contribution in [2.75, 3.05) is 37.1 Å². The molecule has 3 amide bonds. The van der Waals surface area contributed by atoms with Crippen molar-refractivity contribution in [3.05, 3.63) is 30.1 Å². The van der Waals surface area contributed by atoms with Gasteiger partial charge in [-0.2, -0.15) is 8.42 Å². The zero-order valence-corrected chi connectivity index (χ0v) is 15.8. The quantitative estimate of drug-likeness (QED) is 0.632. The van der Waals surface area contributed by atoms with Gasteiger partial charge < -0.3 is 20.1 Å². The number of halogens is 1. The fourth-order valence-corrected chi connectivity index (χ4v) is 4.44. The maximum Gasteiger partial charge on any atom is 0.326 e. The summed E-state index contributed by atoms with van der Waals surface area (Å²) in [6, 6.07) is 5.50. The van der Waals surface area contributed by atoms with Crippen molar-refractivity contribution in [1.29, 1.82) is 0 Å². The summed E-state index contributed by atoms with van der Waals surface area (Å²) in [5, 5.41) is 13.2. The van der Waals surface area contributed by atoms with E-state index in [0.29, 0.717) is 35.1 Å². The van der Waals surface area contributed by atoms with Gasteiger partial charge in [-0.1, -0.05) is 6.07 Å². The Bertz CT molecular complexity index is 1120. The molecule has 0 bridgehead atoms. The molecule has 0 saturated carbocycles. The monoisotopic (exact) mass is 424 g/mol. The maximum absolute atomic E-state index is 15.1. The van der Waals surface area contributed by atoms with E-state index < -0.39 is 39.9 Å². The predicted octanol–water partition coefficient (Wildman–Crippen LogP) is 0.269. The third-order valence-electron chi connectivity index (χ3n) is 4.65. The first-order chi connectivity index (χ1) is 13.8. The Labute approximate surface area is 165 Å². The van der Waals surface area contributed by atoms with Crippen LogP contribution in [0.4, 0.5) is 14.9 Å². The summed E-state index contributed by atoms with van der Waals surface area (Å²) in [5.74, 6) is -2.12. The van der Waals surface area contributed by atoms with Crippen molar-refractivity contribution >= 4 is 38.6 Å². The van der Waals surface area contributed by atoms with Gasteiger partial charge in [0.1, 0.15) is 30.3 Å². The van der Waals surface area contributed by atoms with Crippen molar-refractivity contribution in [2.24, 2.45) is 0 Å². The van der Waals surface area contributed by atoms with E-state index in [0.717, 1.165) is 0 Å². The largest absolute Gasteiger partial charge is 0.506 e. The van der Waals surface area contributed by atoms with Gasteiger partial charge in [-0.15, -0.1) is 0 Å². The van der Waals surface area contributed by atoms with Crippen molar-refractivity contribution in [2.45, 2.75) is 0 Å². The number of amides is 3. The first kappa shape index (κ1) is 19.1. The molecule has 2 aromatic carbocycles. The smallest absolute Gasteiger partial charge is 0.326 e. The molecule has 0 spiro atoms. The molecule has 0 aromatic heterocycles. The number of benzene rings is 2. The first-order valence-electron chi connectivity index (χ1n) is 8.70. The summed E-state index contributed by atoms with van der Waals surface area (Å²) in [6.07, 6.45) is 0. The van der Waals surface area contributed by atoms with Crippen LogP contribution >= 0.6 is 0 Å². The second kappa shape index (κ2) is 6.95. The molecule has 12 heteroatoms. The Kier molecular flexibility index (Phi) is 4.57. The molecule has 2 saturated heterocycles. The number of nitrogens with one attached hydrogen (secondary N) is 2. The molecular formula is C17H17FN4O6S. The highest BCUT2D eigenvalue weighted by Crippen LogP contribution is 2.39. The van der Waals surface area contributed by atoms with Crippen LogP contribution in [0.25, 0.3) is 10.8 Å². The van der Waals surface area contributed by atoms with Gasteiger partial charge in [0, 0.05) is 18.5 Å². The third kappa shape index (κ3) is 3.46. The molecule has 3 N–H and O–H groups in total. The van der Waals surface area contributed by atoms with E-state index in [2.05, 4.69) is 5.32 Å². The van der Waals surface area contributed by atoms with Gasteiger partial charge in [-0.05, 0) is 23.6 Å². The second-order valence-electron chi connectivity index (χ2n) is 6.55. The minimum atomic E-state index is -4.28. The Morgan fingerprint density at radius 3 is 2.69 bits per heavy atom. The number of carbonyl (C=O) groups is 2. The van der Waals surface area contributed by atoms with Crippen molar-refractivity contribution in [3.63, 3.8) is 0 Å². The van der Waals surface area contributed by atoms with E-state index in [1.54, 1.807) is 15.7 Å². The summed E-state index contributed by atoms with van der Waals surface area (Å²) in [5.41, 5.74) is -0.610. The lowest BCUT2D eigenvalue weighted by Gasteiger charge is -2.18. The molecule has 154 valence electrons. The first-order valence-corrected chi connectivity index (χ1v) is 10.1. The van der Waals surface area contributed by atoms with Crippen molar-refractivity contribution in [3.8, 4) is 11.5 Å². The van der Waals surface area contributed by atoms with Gasteiger partial charge >= 0.3 is 16.2 Å². The summed E-state index contributed by atoms with van der Waals surface area (Å²) < 4.78 is 47.0. The molecule has 29 heavy (non-hydrogen) atoms. The summed E-state index contributed by atoms with van der Waals surface area (Å²) in [6.45, 7) is 1.06. The van der Waals surface area contributed by atoms with Crippen LogP contribution in [0, 0.1) is 5.82 Å². The van der Waals surface area contributed by atoms with Gasteiger partial charge in [0.15, 0.2) is 5.82 Å². The molecule has 0 radical (unpaired) electrons. The van der Waals surface area contributed by atoms with Crippen molar-refractivity contribution < 1.29 is 32.2 Å². The summed E-state index contributed by atoms with van der Waals surface area (Å²) in [7, 11) is -4.28. The van der Waals surface area contributed by atoms with E-state index in [4.69, 9.17) is 4.74 Å². The number of hydrogen-bond acceptors (Lipinski definition) is 6. The third-order valence-corrected chi connectivity index (χ3v) is 6.03. The molecule has 0 atom stereocenters. The molecule has 4 rings (SSSR count). The van der Waals surface area contributed by atoms with Gasteiger partial charge in [-0.3, -0.25) is 4.79 Å². The number of anilines is 1. The summed E-state index contributed by atoms with van der Waals surface area (Å²) >= 11 is 0. The molecular weight excluding hydrogens is 407 g/mol. The molecule has 0 unspecified atom stereocenters. The zero-order chi connectivity index (χ0) is 20.8. The fourth-order valence-electron chi connectivity index (χ4n) is 3.28. The predicted molar refractivity (Wildman–Crippen MR) is 100 cm³/mol. The van der Waals surface area contributed by atoms with E-state index in [1.807, 2.05) is 0 Å². The Hall–Kier alpha value is -3.28. The molecule has 2 fully saturated rings. The highest BCUT2D eigenvalue weighted by Gasteiger charge is 2.37. The van der Waals surface area contributed by atoms with E-state index in [9.17, 15) is 23.1 Å². The van der Waals surface area contributed by atoms with Crippen LogP contribution < -0.4 is 19.1 Å². The van der Waals surface area contributed by atoms with E-state index in [-0.39, 0.29) is 18.0 Å². The van der Waals surface area contributed by atoms with Crippen LogP contribution in [0.2, 0.25) is 0 Å². The second-order valence-corrected chi connectivity index (χ2v) is 8.14. The van der Waals surface area contributed by atoms with Crippen LogP contribution in [0.15, 0.2) is 24.3 Å². The number of phenolic OH excluding ortho intramolecular Hbond substituents is 1. The normalized spacial score (nSPS) is 18.2. The van der Waals surface area contributed by atoms with Crippen LogP contribution in [-0.2, 0) is 15.0 Å². The van der Waals surface area contributed by atoms with Gasteiger partial charge in [-0.25, -0.2) is 18.2 Å². The van der Waals surface area contributed by atoms with Crippen LogP contribution in [0.1, 0.15) is 0 Å². The lowest BCUT2D eigenvalue weighted by atomic mass is 10.1. The minimum Gasteiger partial charge on any atom is -0.506 e. The highest BCUT2D eigenvalue weighted by molar-refractivity contribution is 7.92. The minimum absolute atomic E-state index is 0.0174. The molecule has 0 aliphatic carbocycles. The topological polar surface area (TPSA) is 128 Å². The standard InChI is InChI=1S/C17H17FN4O6S/c18-15-12-8-11(28-6-5-21-4-3-19-17(21)25)2-1-10(12)7-13(23)16(15)22-9-14(24)20-29(22,26)27/h1-2,7-8,23H,3-6,9H2,(H,19,25)(H,20,24). The average Bonchev–Trinajstić information content (AvgIpc) is 3.17. The molecule has 2 heterocycles. The number of carbonyl (C=O) groups excluding carboxylic acids is 2. The summed E-state index contributed by atoms with van der Waals surface area (Å²) in [4.78, 5) is 24.5. The number of ether oxygens (including phenoxy) is 1. The zero-order valence-electron chi connectivity index (χ0n) is 15.0. The molecule has 2 aromatic rings. The maximum atomic E-state index is 15.1. The lowest BCUT2D eigenvalue weighted by Crippen LogP contribution is -2.31. The number of aromatic hydroxyl groups is 1. The van der Waals surface area contributed by atoms with Gasteiger partial charge in [0.05, 0.1) is 6.54 Å². The number of rotatable bonds is 5. The lowest BCUT2D eigenvalue weighted by molar-refractivity contribution is -0.117. The van der Waals surface area contributed by atoms with Crippen LogP contribution in [-0.4, -0.2) is 63.1 Å². The van der Waals surface area contributed by atoms with Gasteiger partial charge in [0.2, 0.25) is 0 Å². The van der Waals surface area contributed by atoms with E-state index >= 15 is 4.39 Å². The number of urea groups is 1. The highest BCUT2D eigenvalue weighted by atomic mass is 32.2. The SMILES string of the molecule is O=C1CN(c2c(O)cc3ccc(OCCN4CCNC4=O)cc3c2F)S(=O)(=O)N1. The van der Waals surface area contributed by atoms with Crippen LogP contribution in [0.3, 0.4) is 0 Å². The fraction of sp³-hybridized carbons (Fsp3) is 0.294. The molecule has 2 aliphatic rings.